The van der Waals surface area contributed by atoms with E-state index in [-0.39, 0.29) is 42.0 Å². The molecule has 2 aliphatic rings. The number of guanidine groups is 1. The van der Waals surface area contributed by atoms with E-state index in [1.807, 2.05) is 67.8 Å². The van der Waals surface area contributed by atoms with Gasteiger partial charge in [-0.25, -0.2) is 9.98 Å². The number of hydrogen-bond donors (Lipinski definition) is 2. The first-order chi connectivity index (χ1) is 32.5. The van der Waals surface area contributed by atoms with E-state index in [0.717, 1.165) is 27.8 Å². The zero-order valence-corrected chi connectivity index (χ0v) is 41.4. The number of fused-ring (bicyclic) bond motifs is 1. The van der Waals surface area contributed by atoms with Crippen molar-refractivity contribution < 1.29 is 28.2 Å². The largest absolute Gasteiger partial charge is 0.426 e. The van der Waals surface area contributed by atoms with E-state index >= 15 is 0 Å². The van der Waals surface area contributed by atoms with Crippen LogP contribution in [0.3, 0.4) is 0 Å². The van der Waals surface area contributed by atoms with Crippen LogP contribution in [-0.4, -0.2) is 66.4 Å². The third-order valence-corrected chi connectivity index (χ3v) is 17.6. The molecular formula is C55H64N6O6Si. The lowest BCUT2D eigenvalue weighted by atomic mass is 9.75. The average molecular weight is 933 g/mol. The van der Waals surface area contributed by atoms with E-state index in [4.69, 9.17) is 28.6 Å². The van der Waals surface area contributed by atoms with Crippen molar-refractivity contribution in [1.82, 2.24) is 19.8 Å². The molecule has 3 heterocycles. The number of morpholine rings is 1. The van der Waals surface area contributed by atoms with E-state index in [0.29, 0.717) is 37.0 Å². The van der Waals surface area contributed by atoms with Crippen molar-refractivity contribution in [3.05, 3.63) is 185 Å². The van der Waals surface area contributed by atoms with Gasteiger partial charge in [-0.2, -0.15) is 0 Å². The highest BCUT2D eigenvalue weighted by molar-refractivity contribution is 6.74. The first kappa shape index (κ1) is 48.2. The van der Waals surface area contributed by atoms with E-state index in [2.05, 4.69) is 140 Å². The number of hydrogen-bond acceptors (Lipinski definition) is 10. The van der Waals surface area contributed by atoms with Crippen LogP contribution < -0.4 is 15.4 Å². The first-order valence-corrected chi connectivity index (χ1v) is 26.3. The van der Waals surface area contributed by atoms with Crippen LogP contribution >= 0.6 is 0 Å². The number of aromatic nitrogens is 2. The molecular weight excluding hydrogens is 869 g/mol. The van der Waals surface area contributed by atoms with Crippen LogP contribution in [0, 0.1) is 5.41 Å². The molecule has 1 unspecified atom stereocenters. The molecule has 0 radical (unpaired) electrons. The van der Waals surface area contributed by atoms with Gasteiger partial charge in [0.2, 0.25) is 11.9 Å². The second-order valence-corrected chi connectivity index (χ2v) is 25.0. The number of carbonyl (C=O) groups is 2. The number of nitrogens with zero attached hydrogens (tertiary/aromatic N) is 4. The van der Waals surface area contributed by atoms with E-state index in [1.165, 1.54) is 0 Å². The Bertz CT molecular complexity index is 2570. The molecule has 1 amide bonds. The standard InChI is InChI=1S/C55H64N6O6Si/c1-53(2,3)51(63)67-44-31-29-40(30-32-44)36-64-50-48-49(58-52(59-50)57-46(62)33-39-21-13-9-14-22-39)61(38-56-48)47-35-60(34-45(66-47)37-65-68(7,8)54(4,5)6)55(41-23-15-10-16-24-41,42-25-17-11-18-26-42)43-27-19-12-20-28-43/h9-32,38,45,47,50H,33-37H2,1-8H3,(H2,57,58,59,62)/t45-,47+,50?/m0/s1. The van der Waals surface area contributed by atoms with Crippen LogP contribution in [0.25, 0.3) is 0 Å². The fraction of sp³-hybridized carbons (Fsp3) is 0.345. The number of imidazole rings is 1. The molecule has 2 aliphatic heterocycles. The highest BCUT2D eigenvalue weighted by Crippen LogP contribution is 2.46. The van der Waals surface area contributed by atoms with Gasteiger partial charge in [-0.1, -0.05) is 154 Å². The monoisotopic (exact) mass is 932 g/mol. The Morgan fingerprint density at radius 3 is 1.85 bits per heavy atom. The number of benzene rings is 5. The molecule has 0 spiro atoms. The molecule has 13 heteroatoms. The molecule has 3 atom stereocenters. The normalized spacial score (nSPS) is 17.9. The maximum absolute atomic E-state index is 13.6. The Morgan fingerprint density at radius 2 is 1.31 bits per heavy atom. The smallest absolute Gasteiger partial charge is 0.316 e. The number of aliphatic imine (C=N–C) groups is 1. The summed E-state index contributed by atoms with van der Waals surface area (Å²) in [7, 11) is -2.20. The molecule has 8 rings (SSSR count). The fourth-order valence-corrected chi connectivity index (χ4v) is 9.43. The minimum atomic E-state index is -2.20. The van der Waals surface area contributed by atoms with Crippen molar-refractivity contribution in [2.24, 2.45) is 10.4 Å². The summed E-state index contributed by atoms with van der Waals surface area (Å²) in [5.74, 6) is 0.707. The van der Waals surface area contributed by atoms with Crippen LogP contribution in [0.2, 0.25) is 18.1 Å². The minimum absolute atomic E-state index is 0.00716. The van der Waals surface area contributed by atoms with Crippen molar-refractivity contribution in [3.63, 3.8) is 0 Å². The molecule has 6 aromatic rings. The fourth-order valence-electron chi connectivity index (χ4n) is 8.39. The van der Waals surface area contributed by atoms with Gasteiger partial charge in [0.15, 0.2) is 14.5 Å². The van der Waals surface area contributed by atoms with Gasteiger partial charge >= 0.3 is 5.97 Å². The predicted molar refractivity (Wildman–Crippen MR) is 268 cm³/mol. The van der Waals surface area contributed by atoms with Crippen molar-refractivity contribution in [1.29, 1.82) is 0 Å². The Balaban J connectivity index is 1.17. The van der Waals surface area contributed by atoms with E-state index < -0.39 is 31.7 Å². The Hall–Kier alpha value is -6.22. The van der Waals surface area contributed by atoms with Gasteiger partial charge in [-0.05, 0) is 78.9 Å². The molecule has 1 fully saturated rings. The number of anilines is 1. The first-order valence-electron chi connectivity index (χ1n) is 23.4. The number of rotatable bonds is 14. The summed E-state index contributed by atoms with van der Waals surface area (Å²) < 4.78 is 28.3. The van der Waals surface area contributed by atoms with Crippen LogP contribution in [0.4, 0.5) is 5.82 Å². The number of carbonyl (C=O) groups excluding carboxylic acids is 2. The Labute approximate surface area is 401 Å². The van der Waals surface area contributed by atoms with Crippen LogP contribution in [0.1, 0.15) is 87.5 Å². The van der Waals surface area contributed by atoms with Crippen LogP contribution in [0.5, 0.6) is 5.75 Å². The lowest BCUT2D eigenvalue weighted by Crippen LogP contribution is -2.58. The average Bonchev–Trinajstić information content (AvgIpc) is 3.76. The molecule has 5 aromatic carbocycles. The maximum Gasteiger partial charge on any atom is 0.316 e. The zero-order chi connectivity index (χ0) is 48.1. The molecule has 12 nitrogen and oxygen atoms in total. The highest BCUT2D eigenvalue weighted by atomic mass is 28.4. The van der Waals surface area contributed by atoms with E-state index in [1.54, 1.807) is 18.5 Å². The third-order valence-electron chi connectivity index (χ3n) is 13.1. The molecule has 2 N–H and O–H groups in total. The summed E-state index contributed by atoms with van der Waals surface area (Å²) >= 11 is 0. The molecule has 68 heavy (non-hydrogen) atoms. The van der Waals surface area contributed by atoms with Gasteiger partial charge in [0, 0.05) is 13.1 Å². The number of nitrogens with one attached hydrogen (secondary N) is 2. The predicted octanol–water partition coefficient (Wildman–Crippen LogP) is 10.4. The van der Waals surface area contributed by atoms with Gasteiger partial charge in [0.25, 0.3) is 0 Å². The van der Waals surface area contributed by atoms with Gasteiger partial charge in [-0.3, -0.25) is 24.4 Å². The van der Waals surface area contributed by atoms with Crippen molar-refractivity contribution in [2.45, 2.75) is 96.8 Å². The van der Waals surface area contributed by atoms with E-state index in [9.17, 15) is 9.59 Å². The lowest BCUT2D eigenvalue weighted by Gasteiger charge is -2.51. The van der Waals surface area contributed by atoms with Gasteiger partial charge in [-0.15, -0.1) is 0 Å². The maximum atomic E-state index is 13.6. The topological polar surface area (TPSA) is 129 Å². The molecule has 1 aromatic heterocycles. The molecule has 0 aliphatic carbocycles. The minimum Gasteiger partial charge on any atom is -0.426 e. The highest BCUT2D eigenvalue weighted by Gasteiger charge is 2.48. The summed E-state index contributed by atoms with van der Waals surface area (Å²) in [6.45, 7) is 18.3. The quantitative estimate of drug-likeness (QED) is 0.0475. The molecule has 0 bridgehead atoms. The van der Waals surface area contributed by atoms with Gasteiger partial charge in [0.1, 0.15) is 23.5 Å². The summed E-state index contributed by atoms with van der Waals surface area (Å²) in [6, 6.07) is 48.8. The lowest BCUT2D eigenvalue weighted by molar-refractivity contribution is -0.147. The van der Waals surface area contributed by atoms with Crippen molar-refractivity contribution >= 4 is 32.0 Å². The number of ether oxygens (including phenoxy) is 3. The molecule has 354 valence electrons. The summed E-state index contributed by atoms with van der Waals surface area (Å²) in [5, 5.41) is 6.44. The Morgan fingerprint density at radius 1 is 0.750 bits per heavy atom. The third kappa shape index (κ3) is 10.7. The number of amides is 1. The van der Waals surface area contributed by atoms with Gasteiger partial charge < -0.3 is 24.0 Å². The second kappa shape index (κ2) is 20.2. The van der Waals surface area contributed by atoms with Crippen molar-refractivity contribution in [3.8, 4) is 5.75 Å². The second-order valence-electron chi connectivity index (χ2n) is 20.1. The SMILES string of the molecule is CC(C)(C)C(=O)Oc1ccc(COC2N=C(NC(=O)Cc3ccccc3)Nc3c2ncn3[C@H]2CN(C(c3ccccc3)(c3ccccc3)c3ccccc3)C[C@@H](CO[Si](C)(C)C(C)(C)C)O2)cc1. The summed E-state index contributed by atoms with van der Waals surface area (Å²) in [6.07, 6.45) is 0.0945. The van der Waals surface area contributed by atoms with Crippen LogP contribution in [-0.2, 0) is 42.1 Å². The van der Waals surface area contributed by atoms with Gasteiger partial charge in [0.05, 0.1) is 43.0 Å². The molecule has 0 saturated carbocycles. The van der Waals surface area contributed by atoms with Crippen LogP contribution in [0.15, 0.2) is 157 Å². The van der Waals surface area contributed by atoms with Crippen molar-refractivity contribution in [2.75, 3.05) is 25.0 Å². The zero-order valence-electron chi connectivity index (χ0n) is 40.4. The summed E-state index contributed by atoms with van der Waals surface area (Å²) in [4.78, 5) is 38.5. The Kier molecular flexibility index (Phi) is 14.3. The molecule has 1 saturated heterocycles. The summed E-state index contributed by atoms with van der Waals surface area (Å²) in [5.41, 5.74) is 4.24. The number of esters is 1.